The van der Waals surface area contributed by atoms with Gasteiger partial charge in [-0.2, -0.15) is 4.98 Å². The zero-order chi connectivity index (χ0) is 13.8. The number of hydrogen-bond acceptors (Lipinski definition) is 4. The van der Waals surface area contributed by atoms with E-state index in [9.17, 15) is 0 Å². The Morgan fingerprint density at radius 1 is 1.37 bits per heavy atom. The van der Waals surface area contributed by atoms with Crippen molar-refractivity contribution >= 4 is 23.2 Å². The van der Waals surface area contributed by atoms with Gasteiger partial charge in [-0.15, -0.1) is 0 Å². The van der Waals surface area contributed by atoms with Gasteiger partial charge in [0.25, 0.3) is 0 Å². The molecule has 0 radical (unpaired) electrons. The van der Waals surface area contributed by atoms with Crippen molar-refractivity contribution in [1.82, 2.24) is 10.1 Å². The first-order chi connectivity index (χ1) is 9.10. The van der Waals surface area contributed by atoms with E-state index in [0.717, 1.165) is 18.4 Å². The zero-order valence-corrected chi connectivity index (χ0v) is 12.1. The van der Waals surface area contributed by atoms with Crippen molar-refractivity contribution in [3.8, 4) is 0 Å². The molecule has 1 heterocycles. The summed E-state index contributed by atoms with van der Waals surface area (Å²) >= 11 is 12.0. The van der Waals surface area contributed by atoms with E-state index in [0.29, 0.717) is 28.2 Å². The highest BCUT2D eigenvalue weighted by atomic mass is 35.5. The third-order valence-electron chi connectivity index (χ3n) is 2.76. The smallest absolute Gasteiger partial charge is 0.243 e. The lowest BCUT2D eigenvalue weighted by Crippen LogP contribution is -2.10. The molecule has 0 saturated carbocycles. The van der Waals surface area contributed by atoms with Gasteiger partial charge in [-0.05, 0) is 24.1 Å². The van der Waals surface area contributed by atoms with Crippen LogP contribution in [0, 0.1) is 0 Å². The molecule has 0 aliphatic carbocycles. The van der Waals surface area contributed by atoms with E-state index in [1.807, 2.05) is 6.07 Å². The molecule has 6 heteroatoms. The van der Waals surface area contributed by atoms with E-state index < -0.39 is 0 Å². The van der Waals surface area contributed by atoms with E-state index in [4.69, 9.17) is 33.5 Å². The Labute approximate surface area is 121 Å². The Morgan fingerprint density at radius 2 is 2.16 bits per heavy atom. The van der Waals surface area contributed by atoms with Crippen molar-refractivity contribution < 1.29 is 4.52 Å². The lowest BCUT2D eigenvalue weighted by molar-refractivity contribution is 0.345. The number of nitrogens with two attached hydrogens (primary N) is 1. The SMILES string of the molecule is CCC[C@H](N)c1nc(Cc2ccc(Cl)cc2Cl)no1. The molecule has 1 aromatic heterocycles. The van der Waals surface area contributed by atoms with Gasteiger partial charge in [0.15, 0.2) is 5.82 Å². The van der Waals surface area contributed by atoms with Crippen molar-refractivity contribution in [2.45, 2.75) is 32.2 Å². The van der Waals surface area contributed by atoms with Gasteiger partial charge in [-0.1, -0.05) is 47.8 Å². The molecule has 0 saturated heterocycles. The Kier molecular flexibility index (Phi) is 4.80. The Hall–Kier alpha value is -1.10. The summed E-state index contributed by atoms with van der Waals surface area (Å²) in [6.07, 6.45) is 2.30. The van der Waals surface area contributed by atoms with Gasteiger partial charge in [0.2, 0.25) is 5.89 Å². The van der Waals surface area contributed by atoms with Crippen LogP contribution in [0.4, 0.5) is 0 Å². The topological polar surface area (TPSA) is 64.9 Å². The lowest BCUT2D eigenvalue weighted by Gasteiger charge is -2.02. The highest BCUT2D eigenvalue weighted by molar-refractivity contribution is 6.35. The maximum Gasteiger partial charge on any atom is 0.243 e. The molecule has 19 heavy (non-hydrogen) atoms. The van der Waals surface area contributed by atoms with Gasteiger partial charge in [0, 0.05) is 16.5 Å². The fourth-order valence-electron chi connectivity index (χ4n) is 1.76. The third kappa shape index (κ3) is 3.69. The van der Waals surface area contributed by atoms with Crippen LogP contribution in [0.5, 0.6) is 0 Å². The van der Waals surface area contributed by atoms with Crippen LogP contribution in [0.1, 0.15) is 43.1 Å². The molecule has 0 fully saturated rings. The van der Waals surface area contributed by atoms with Crippen LogP contribution in [0.25, 0.3) is 0 Å². The molecule has 2 rings (SSSR count). The fraction of sp³-hybridized carbons (Fsp3) is 0.385. The maximum absolute atomic E-state index is 6.10. The normalized spacial score (nSPS) is 12.6. The summed E-state index contributed by atoms with van der Waals surface area (Å²) < 4.78 is 5.16. The Balaban J connectivity index is 2.11. The van der Waals surface area contributed by atoms with E-state index in [2.05, 4.69) is 17.1 Å². The third-order valence-corrected chi connectivity index (χ3v) is 3.35. The molecule has 0 aliphatic rings. The molecule has 2 aromatic rings. The predicted octanol–water partition coefficient (Wildman–Crippen LogP) is 3.77. The van der Waals surface area contributed by atoms with Gasteiger partial charge in [0.05, 0.1) is 6.04 Å². The second-order valence-corrected chi connectivity index (χ2v) is 5.20. The zero-order valence-electron chi connectivity index (χ0n) is 10.6. The van der Waals surface area contributed by atoms with E-state index >= 15 is 0 Å². The van der Waals surface area contributed by atoms with Gasteiger partial charge < -0.3 is 10.3 Å². The molecule has 0 aliphatic heterocycles. The molecule has 0 amide bonds. The molecular weight excluding hydrogens is 285 g/mol. The lowest BCUT2D eigenvalue weighted by atomic mass is 10.1. The highest BCUT2D eigenvalue weighted by Crippen LogP contribution is 2.23. The summed E-state index contributed by atoms with van der Waals surface area (Å²) in [6, 6.07) is 5.13. The molecule has 0 unspecified atom stereocenters. The van der Waals surface area contributed by atoms with Crippen LogP contribution in [0.3, 0.4) is 0 Å². The second-order valence-electron chi connectivity index (χ2n) is 4.36. The van der Waals surface area contributed by atoms with Crippen LogP contribution in [-0.4, -0.2) is 10.1 Å². The van der Waals surface area contributed by atoms with Crippen molar-refractivity contribution in [1.29, 1.82) is 0 Å². The summed E-state index contributed by atoms with van der Waals surface area (Å²) in [5.41, 5.74) is 6.83. The van der Waals surface area contributed by atoms with Crippen molar-refractivity contribution in [3.05, 3.63) is 45.5 Å². The number of benzene rings is 1. The molecule has 2 N–H and O–H groups in total. The summed E-state index contributed by atoms with van der Waals surface area (Å²) in [5, 5.41) is 5.12. The van der Waals surface area contributed by atoms with E-state index in [1.54, 1.807) is 12.1 Å². The van der Waals surface area contributed by atoms with Crippen LogP contribution in [0.15, 0.2) is 22.7 Å². The average molecular weight is 300 g/mol. The van der Waals surface area contributed by atoms with Gasteiger partial charge >= 0.3 is 0 Å². The first-order valence-corrected chi connectivity index (χ1v) is 6.87. The predicted molar refractivity (Wildman–Crippen MR) is 75.4 cm³/mol. The summed E-state index contributed by atoms with van der Waals surface area (Å²) in [5.74, 6) is 1.05. The minimum Gasteiger partial charge on any atom is -0.338 e. The quantitative estimate of drug-likeness (QED) is 0.913. The van der Waals surface area contributed by atoms with E-state index in [-0.39, 0.29) is 6.04 Å². The number of rotatable bonds is 5. The van der Waals surface area contributed by atoms with Crippen molar-refractivity contribution in [3.63, 3.8) is 0 Å². The molecule has 0 spiro atoms. The molecule has 102 valence electrons. The number of halogens is 2. The first kappa shape index (κ1) is 14.3. The minimum atomic E-state index is -0.202. The summed E-state index contributed by atoms with van der Waals surface area (Å²) in [4.78, 5) is 4.29. The molecule has 1 aromatic carbocycles. The molecule has 1 atom stereocenters. The largest absolute Gasteiger partial charge is 0.338 e. The van der Waals surface area contributed by atoms with E-state index in [1.165, 1.54) is 0 Å². The van der Waals surface area contributed by atoms with Crippen LogP contribution < -0.4 is 5.73 Å². The maximum atomic E-state index is 6.10. The average Bonchev–Trinajstić information content (AvgIpc) is 2.82. The van der Waals surface area contributed by atoms with Gasteiger partial charge in [-0.3, -0.25) is 0 Å². The van der Waals surface area contributed by atoms with Crippen molar-refractivity contribution in [2.75, 3.05) is 0 Å². The Morgan fingerprint density at radius 3 is 2.84 bits per heavy atom. The second kappa shape index (κ2) is 6.37. The van der Waals surface area contributed by atoms with Crippen LogP contribution in [0.2, 0.25) is 10.0 Å². The number of nitrogens with zero attached hydrogens (tertiary/aromatic N) is 2. The van der Waals surface area contributed by atoms with Crippen LogP contribution in [-0.2, 0) is 6.42 Å². The molecular formula is C13H15Cl2N3O. The van der Waals surface area contributed by atoms with Crippen molar-refractivity contribution in [2.24, 2.45) is 5.73 Å². The van der Waals surface area contributed by atoms with Gasteiger partial charge in [0.1, 0.15) is 0 Å². The Bertz CT molecular complexity index is 557. The first-order valence-electron chi connectivity index (χ1n) is 6.12. The number of aromatic nitrogens is 2. The standard InChI is InChI=1S/C13H15Cl2N3O/c1-2-3-11(16)13-17-12(18-19-13)6-8-4-5-9(14)7-10(8)15/h4-5,7,11H,2-3,6,16H2,1H3/t11-/m0/s1. The van der Waals surface area contributed by atoms with Crippen LogP contribution >= 0.6 is 23.2 Å². The summed E-state index contributed by atoms with van der Waals surface area (Å²) in [6.45, 7) is 2.06. The molecule has 4 nitrogen and oxygen atoms in total. The van der Waals surface area contributed by atoms with Gasteiger partial charge in [-0.25, -0.2) is 0 Å². The highest BCUT2D eigenvalue weighted by Gasteiger charge is 2.14. The minimum absolute atomic E-state index is 0.202. The fourth-order valence-corrected chi connectivity index (χ4v) is 2.24. The summed E-state index contributed by atoms with van der Waals surface area (Å²) in [7, 11) is 0. The number of hydrogen-bond donors (Lipinski definition) is 1. The monoisotopic (exact) mass is 299 g/mol. The molecule has 0 bridgehead atoms.